The lowest BCUT2D eigenvalue weighted by Gasteiger charge is -2.30. The monoisotopic (exact) mass is 249 g/mol. The van der Waals surface area contributed by atoms with Gasteiger partial charge in [0.05, 0.1) is 6.54 Å². The molecule has 0 bridgehead atoms. The topological polar surface area (TPSA) is 75.9 Å². The van der Waals surface area contributed by atoms with Crippen molar-refractivity contribution in [3.63, 3.8) is 0 Å². The first-order valence-electron chi connectivity index (χ1n) is 5.67. The predicted molar refractivity (Wildman–Crippen MR) is 64.1 cm³/mol. The highest BCUT2D eigenvalue weighted by Crippen LogP contribution is 2.05. The van der Waals surface area contributed by atoms with E-state index >= 15 is 0 Å². The summed E-state index contributed by atoms with van der Waals surface area (Å²) in [5, 5.41) is 1.11. The van der Waals surface area contributed by atoms with Gasteiger partial charge in [-0.15, -0.1) is 0 Å². The van der Waals surface area contributed by atoms with E-state index in [0.717, 1.165) is 10.6 Å². The molecule has 2 amide bonds. The number of ether oxygens (including phenoxy) is 1. The first-order valence-corrected chi connectivity index (χ1v) is 5.67. The maximum atomic E-state index is 11.7. The van der Waals surface area contributed by atoms with Crippen molar-refractivity contribution in [2.24, 2.45) is 5.84 Å². The fraction of sp³-hybridized carbons (Fsp3) is 0.333. The lowest BCUT2D eigenvalue weighted by molar-refractivity contribution is -0.135. The normalized spacial score (nSPS) is 15.7. The van der Waals surface area contributed by atoms with Crippen molar-refractivity contribution in [1.29, 1.82) is 0 Å². The third-order valence-electron chi connectivity index (χ3n) is 2.72. The van der Waals surface area contributed by atoms with E-state index in [0.29, 0.717) is 13.1 Å². The second-order valence-electron chi connectivity index (χ2n) is 4.05. The number of rotatable bonds is 2. The molecule has 1 aromatic rings. The molecule has 1 aliphatic rings. The lowest BCUT2D eigenvalue weighted by Crippen LogP contribution is -2.54. The molecule has 1 aromatic carbocycles. The number of nitrogens with two attached hydrogens (primary N) is 1. The van der Waals surface area contributed by atoms with Gasteiger partial charge >= 0.3 is 6.09 Å². The van der Waals surface area contributed by atoms with Gasteiger partial charge < -0.3 is 4.74 Å². The fourth-order valence-electron chi connectivity index (χ4n) is 1.65. The van der Waals surface area contributed by atoms with Crippen molar-refractivity contribution < 1.29 is 14.3 Å². The molecule has 0 saturated carbocycles. The van der Waals surface area contributed by atoms with Gasteiger partial charge in [-0.05, 0) is 5.56 Å². The molecular weight excluding hydrogens is 234 g/mol. The van der Waals surface area contributed by atoms with Crippen molar-refractivity contribution in [3.8, 4) is 0 Å². The maximum Gasteiger partial charge on any atom is 0.410 e. The molecule has 1 fully saturated rings. The summed E-state index contributed by atoms with van der Waals surface area (Å²) in [6.45, 7) is 0.913. The van der Waals surface area contributed by atoms with E-state index in [4.69, 9.17) is 10.6 Å². The minimum absolute atomic E-state index is 0.0237. The van der Waals surface area contributed by atoms with E-state index in [1.54, 1.807) is 0 Å². The van der Waals surface area contributed by atoms with Crippen LogP contribution in [0.25, 0.3) is 0 Å². The van der Waals surface area contributed by atoms with Gasteiger partial charge in [-0.25, -0.2) is 10.6 Å². The average Bonchev–Trinajstić information content (AvgIpc) is 2.40. The summed E-state index contributed by atoms with van der Waals surface area (Å²) in [5.74, 6) is 5.13. The molecule has 2 rings (SSSR count). The number of piperazine rings is 1. The molecule has 2 N–H and O–H groups in total. The van der Waals surface area contributed by atoms with Gasteiger partial charge in [0.25, 0.3) is 5.91 Å². The van der Waals surface area contributed by atoms with Crippen LogP contribution in [0.3, 0.4) is 0 Å². The highest BCUT2D eigenvalue weighted by atomic mass is 16.6. The fourth-order valence-corrected chi connectivity index (χ4v) is 1.65. The number of amides is 2. The van der Waals surface area contributed by atoms with Gasteiger partial charge in [0.2, 0.25) is 0 Å². The molecule has 1 aliphatic heterocycles. The standard InChI is InChI=1S/C12H15N3O3/c13-15-7-6-14(8-11(15)16)12(17)18-9-10-4-2-1-3-5-10/h1-5H,6-9,13H2. The summed E-state index contributed by atoms with van der Waals surface area (Å²) >= 11 is 0. The molecule has 0 aromatic heterocycles. The number of benzene rings is 1. The Bertz CT molecular complexity index is 435. The summed E-state index contributed by atoms with van der Waals surface area (Å²) in [5.41, 5.74) is 0.912. The predicted octanol–water partition coefficient (Wildman–Crippen LogP) is 0.341. The van der Waals surface area contributed by atoms with Gasteiger partial charge in [-0.2, -0.15) is 0 Å². The van der Waals surface area contributed by atoms with Gasteiger partial charge in [-0.3, -0.25) is 14.7 Å². The SMILES string of the molecule is NN1CCN(C(=O)OCc2ccccc2)CC1=O. The molecule has 96 valence electrons. The zero-order valence-corrected chi connectivity index (χ0v) is 9.91. The van der Waals surface area contributed by atoms with Gasteiger partial charge in [0.15, 0.2) is 0 Å². The molecule has 0 unspecified atom stereocenters. The summed E-state index contributed by atoms with van der Waals surface area (Å²) in [4.78, 5) is 24.4. The summed E-state index contributed by atoms with van der Waals surface area (Å²) in [6.07, 6.45) is -0.486. The van der Waals surface area contributed by atoms with E-state index in [1.165, 1.54) is 4.90 Å². The molecule has 6 nitrogen and oxygen atoms in total. The zero-order valence-electron chi connectivity index (χ0n) is 9.91. The second kappa shape index (κ2) is 5.50. The van der Waals surface area contributed by atoms with Crippen LogP contribution in [-0.4, -0.2) is 41.5 Å². The second-order valence-corrected chi connectivity index (χ2v) is 4.05. The van der Waals surface area contributed by atoms with Crippen LogP contribution in [0.4, 0.5) is 4.79 Å². The van der Waals surface area contributed by atoms with E-state index in [2.05, 4.69) is 0 Å². The number of hydrazine groups is 1. The van der Waals surface area contributed by atoms with Gasteiger partial charge in [0, 0.05) is 6.54 Å². The Kier molecular flexibility index (Phi) is 3.78. The molecular formula is C12H15N3O3. The molecule has 6 heteroatoms. The molecule has 1 heterocycles. The van der Waals surface area contributed by atoms with Crippen molar-refractivity contribution >= 4 is 12.0 Å². The van der Waals surface area contributed by atoms with Crippen molar-refractivity contribution in [2.45, 2.75) is 6.61 Å². The molecule has 0 radical (unpaired) electrons. The van der Waals surface area contributed by atoms with Crippen LogP contribution < -0.4 is 5.84 Å². The third-order valence-corrected chi connectivity index (χ3v) is 2.72. The van der Waals surface area contributed by atoms with Crippen LogP contribution >= 0.6 is 0 Å². The minimum atomic E-state index is -0.486. The number of hydrogen-bond donors (Lipinski definition) is 1. The van der Waals surface area contributed by atoms with Crippen LogP contribution in [-0.2, 0) is 16.1 Å². The highest BCUT2D eigenvalue weighted by Gasteiger charge is 2.26. The highest BCUT2D eigenvalue weighted by molar-refractivity contribution is 5.83. The Morgan fingerprint density at radius 1 is 1.28 bits per heavy atom. The van der Waals surface area contributed by atoms with Gasteiger partial charge in [-0.1, -0.05) is 30.3 Å². The Morgan fingerprint density at radius 2 is 2.00 bits per heavy atom. The Morgan fingerprint density at radius 3 is 2.67 bits per heavy atom. The summed E-state index contributed by atoms with van der Waals surface area (Å²) in [6, 6.07) is 9.39. The summed E-state index contributed by atoms with van der Waals surface area (Å²) in [7, 11) is 0. The van der Waals surface area contributed by atoms with Crippen LogP contribution in [0, 0.1) is 0 Å². The average molecular weight is 249 g/mol. The van der Waals surface area contributed by atoms with Crippen molar-refractivity contribution in [3.05, 3.63) is 35.9 Å². The Labute approximate surface area is 105 Å². The van der Waals surface area contributed by atoms with Crippen LogP contribution in [0.5, 0.6) is 0 Å². The Balaban J connectivity index is 1.83. The number of carbonyl (C=O) groups is 2. The largest absolute Gasteiger partial charge is 0.445 e. The van der Waals surface area contributed by atoms with Crippen LogP contribution in [0.2, 0.25) is 0 Å². The third kappa shape index (κ3) is 2.98. The van der Waals surface area contributed by atoms with Gasteiger partial charge in [0.1, 0.15) is 13.2 Å². The smallest absolute Gasteiger partial charge is 0.410 e. The van der Waals surface area contributed by atoms with E-state index in [-0.39, 0.29) is 19.1 Å². The van der Waals surface area contributed by atoms with E-state index in [1.807, 2.05) is 30.3 Å². The minimum Gasteiger partial charge on any atom is -0.445 e. The quantitative estimate of drug-likeness (QED) is 0.606. The first-order chi connectivity index (χ1) is 8.66. The zero-order chi connectivity index (χ0) is 13.0. The van der Waals surface area contributed by atoms with Crippen molar-refractivity contribution in [1.82, 2.24) is 9.91 Å². The number of hydrogen-bond acceptors (Lipinski definition) is 4. The van der Waals surface area contributed by atoms with Crippen molar-refractivity contribution in [2.75, 3.05) is 19.6 Å². The number of nitrogens with zero attached hydrogens (tertiary/aromatic N) is 2. The van der Waals surface area contributed by atoms with E-state index < -0.39 is 6.09 Å². The molecule has 0 spiro atoms. The Hall–Kier alpha value is -2.08. The maximum absolute atomic E-state index is 11.7. The molecule has 0 atom stereocenters. The molecule has 18 heavy (non-hydrogen) atoms. The number of carbonyl (C=O) groups excluding carboxylic acids is 2. The first kappa shape index (κ1) is 12.4. The lowest BCUT2D eigenvalue weighted by atomic mass is 10.2. The van der Waals surface area contributed by atoms with Crippen LogP contribution in [0.1, 0.15) is 5.56 Å². The van der Waals surface area contributed by atoms with E-state index in [9.17, 15) is 9.59 Å². The molecule has 0 aliphatic carbocycles. The summed E-state index contributed by atoms with van der Waals surface area (Å²) < 4.78 is 5.13. The molecule has 1 saturated heterocycles. The van der Waals surface area contributed by atoms with Crippen LogP contribution in [0.15, 0.2) is 30.3 Å².